The number of nitrogens with one attached hydrogen (secondary N) is 2. The highest BCUT2D eigenvalue weighted by Crippen LogP contribution is 2.31. The van der Waals surface area contributed by atoms with Crippen molar-refractivity contribution in [2.45, 2.75) is 26.8 Å². The molecule has 34 heavy (non-hydrogen) atoms. The molecule has 1 fully saturated rings. The zero-order valence-corrected chi connectivity index (χ0v) is 20.0. The average molecular weight is 476 g/mol. The second-order valence-corrected chi connectivity index (χ2v) is 9.34. The van der Waals surface area contributed by atoms with Crippen LogP contribution in [-0.4, -0.2) is 40.5 Å². The van der Waals surface area contributed by atoms with Gasteiger partial charge in [-0.2, -0.15) is 5.26 Å². The largest absolute Gasteiger partial charge is 0.368 e. The summed E-state index contributed by atoms with van der Waals surface area (Å²) in [5, 5.41) is 17.1. The zero-order valence-electron chi connectivity index (χ0n) is 19.2. The van der Waals surface area contributed by atoms with Crippen LogP contribution in [0.5, 0.6) is 0 Å². The van der Waals surface area contributed by atoms with Crippen LogP contribution in [0.1, 0.15) is 28.8 Å². The van der Waals surface area contributed by atoms with Crippen molar-refractivity contribution in [2.75, 3.05) is 36.4 Å². The van der Waals surface area contributed by atoms with Crippen molar-refractivity contribution in [1.29, 1.82) is 5.26 Å². The Morgan fingerprint density at radius 2 is 1.97 bits per heavy atom. The van der Waals surface area contributed by atoms with E-state index in [2.05, 4.69) is 57.1 Å². The molecule has 5 rings (SSSR count). The first kappa shape index (κ1) is 22.3. The maximum absolute atomic E-state index is 13.3. The van der Waals surface area contributed by atoms with Gasteiger partial charge in [-0.15, -0.1) is 0 Å². The van der Waals surface area contributed by atoms with Gasteiger partial charge in [-0.3, -0.25) is 4.40 Å². The number of hydrogen-bond acceptors (Lipinski definition) is 7. The molecule has 2 N–H and O–H groups in total. The molecule has 0 atom stereocenters. The van der Waals surface area contributed by atoms with Gasteiger partial charge in [0, 0.05) is 37.9 Å². The third-order valence-electron chi connectivity index (χ3n) is 6.14. The van der Waals surface area contributed by atoms with E-state index in [9.17, 15) is 9.65 Å². The molecule has 0 amide bonds. The van der Waals surface area contributed by atoms with E-state index in [1.54, 1.807) is 12.1 Å². The fourth-order valence-electron chi connectivity index (χ4n) is 4.39. The van der Waals surface area contributed by atoms with E-state index in [1.807, 2.05) is 0 Å². The van der Waals surface area contributed by atoms with E-state index in [0.717, 1.165) is 60.8 Å². The number of aryl methyl sites for hydroxylation is 2. The average Bonchev–Trinajstić information content (AvgIpc) is 3.45. The molecule has 174 valence electrons. The molecule has 0 radical (unpaired) electrons. The molecule has 0 unspecified atom stereocenters. The normalized spacial score (nSPS) is 13.9. The van der Waals surface area contributed by atoms with Crippen LogP contribution in [0.25, 0.3) is 16.9 Å². The minimum Gasteiger partial charge on any atom is -0.368 e. The van der Waals surface area contributed by atoms with E-state index < -0.39 is 0 Å². The summed E-state index contributed by atoms with van der Waals surface area (Å²) in [6, 6.07) is 10.5. The standard InChI is InChI=1S/C25H26FN7S/c1-3-20-21(33-15-19(12-16(2)24(33)30-20)32-10-8-28-9-11-32)14-29-25-31-23(22(13-27)34-25)17-4-6-18(26)7-5-17/h4-7,12,15,28H,3,8-11,14H2,1-2H3,(H,29,31). The Morgan fingerprint density at radius 3 is 2.68 bits per heavy atom. The van der Waals surface area contributed by atoms with Crippen molar-refractivity contribution in [3.05, 3.63) is 64.2 Å². The summed E-state index contributed by atoms with van der Waals surface area (Å²) in [5.41, 5.74) is 6.75. The van der Waals surface area contributed by atoms with Crippen LogP contribution in [0.2, 0.25) is 0 Å². The van der Waals surface area contributed by atoms with Gasteiger partial charge in [0.2, 0.25) is 0 Å². The Morgan fingerprint density at radius 1 is 1.21 bits per heavy atom. The quantitative estimate of drug-likeness (QED) is 0.431. The molecular weight excluding hydrogens is 449 g/mol. The number of piperazine rings is 1. The zero-order chi connectivity index (χ0) is 23.7. The molecule has 1 saturated heterocycles. The highest BCUT2D eigenvalue weighted by molar-refractivity contribution is 7.16. The molecule has 4 heterocycles. The number of halogens is 1. The summed E-state index contributed by atoms with van der Waals surface area (Å²) in [6.45, 7) is 8.69. The minimum atomic E-state index is -0.314. The summed E-state index contributed by atoms with van der Waals surface area (Å²) in [5.74, 6) is -0.314. The Balaban J connectivity index is 1.46. The number of rotatable bonds is 6. The molecule has 1 aliphatic heterocycles. The van der Waals surface area contributed by atoms with E-state index in [-0.39, 0.29) is 5.82 Å². The van der Waals surface area contributed by atoms with Crippen LogP contribution < -0.4 is 15.5 Å². The fraction of sp³-hybridized carbons (Fsp3) is 0.320. The number of anilines is 2. The van der Waals surface area contributed by atoms with Crippen molar-refractivity contribution in [3.8, 4) is 17.3 Å². The van der Waals surface area contributed by atoms with Crippen molar-refractivity contribution >= 4 is 27.8 Å². The van der Waals surface area contributed by atoms with Crippen LogP contribution in [0.4, 0.5) is 15.2 Å². The SMILES string of the molecule is CCc1nc2c(C)cc(N3CCNCC3)cn2c1CNc1nc(-c2ccc(F)cc2)c(C#N)s1. The van der Waals surface area contributed by atoms with Crippen molar-refractivity contribution in [3.63, 3.8) is 0 Å². The number of thiazole rings is 1. The summed E-state index contributed by atoms with van der Waals surface area (Å²) in [4.78, 5) is 12.5. The Kier molecular flexibility index (Phi) is 6.18. The lowest BCUT2D eigenvalue weighted by molar-refractivity contribution is 0.588. The first-order valence-electron chi connectivity index (χ1n) is 11.4. The summed E-state index contributed by atoms with van der Waals surface area (Å²) in [6.07, 6.45) is 3.01. The predicted molar refractivity (Wildman–Crippen MR) is 134 cm³/mol. The van der Waals surface area contributed by atoms with E-state index in [0.29, 0.717) is 22.2 Å². The molecule has 9 heteroatoms. The molecule has 0 bridgehead atoms. The van der Waals surface area contributed by atoms with Gasteiger partial charge in [0.15, 0.2) is 5.13 Å². The molecular formula is C25H26FN7S. The molecule has 0 saturated carbocycles. The highest BCUT2D eigenvalue weighted by Gasteiger charge is 2.18. The molecule has 1 aromatic carbocycles. The molecule has 7 nitrogen and oxygen atoms in total. The molecule has 4 aromatic rings. The van der Waals surface area contributed by atoms with Gasteiger partial charge >= 0.3 is 0 Å². The van der Waals surface area contributed by atoms with E-state index in [4.69, 9.17) is 4.98 Å². The number of aromatic nitrogens is 3. The lowest BCUT2D eigenvalue weighted by atomic mass is 10.1. The van der Waals surface area contributed by atoms with E-state index in [1.165, 1.54) is 29.2 Å². The number of pyridine rings is 1. The van der Waals surface area contributed by atoms with Crippen molar-refractivity contribution in [1.82, 2.24) is 19.7 Å². The van der Waals surface area contributed by atoms with Crippen molar-refractivity contribution < 1.29 is 4.39 Å². The van der Waals surface area contributed by atoms with Gasteiger partial charge in [-0.25, -0.2) is 14.4 Å². The van der Waals surface area contributed by atoms with Gasteiger partial charge in [0.25, 0.3) is 0 Å². The molecule has 0 aliphatic carbocycles. The number of imidazole rings is 1. The number of nitriles is 1. The lowest BCUT2D eigenvalue weighted by Crippen LogP contribution is -2.43. The predicted octanol–water partition coefficient (Wildman–Crippen LogP) is 4.36. The molecule has 3 aromatic heterocycles. The monoisotopic (exact) mass is 475 g/mol. The maximum Gasteiger partial charge on any atom is 0.184 e. The number of benzene rings is 1. The Hall–Kier alpha value is -3.48. The van der Waals surface area contributed by atoms with Gasteiger partial charge in [-0.1, -0.05) is 18.3 Å². The van der Waals surface area contributed by atoms with Crippen LogP contribution in [-0.2, 0) is 13.0 Å². The second kappa shape index (κ2) is 9.41. The first-order valence-corrected chi connectivity index (χ1v) is 12.3. The smallest absolute Gasteiger partial charge is 0.184 e. The lowest BCUT2D eigenvalue weighted by Gasteiger charge is -2.29. The van der Waals surface area contributed by atoms with Crippen LogP contribution in [0, 0.1) is 24.1 Å². The van der Waals surface area contributed by atoms with Gasteiger partial charge in [0.05, 0.1) is 23.6 Å². The maximum atomic E-state index is 13.3. The summed E-state index contributed by atoms with van der Waals surface area (Å²) < 4.78 is 15.5. The van der Waals surface area contributed by atoms with Gasteiger partial charge in [-0.05, 0) is 49.2 Å². The fourth-order valence-corrected chi connectivity index (χ4v) is 5.17. The first-order chi connectivity index (χ1) is 16.6. The topological polar surface area (TPSA) is 81.3 Å². The van der Waals surface area contributed by atoms with Crippen LogP contribution >= 0.6 is 11.3 Å². The van der Waals surface area contributed by atoms with Crippen molar-refractivity contribution in [2.24, 2.45) is 0 Å². The van der Waals surface area contributed by atoms with Crippen LogP contribution in [0.15, 0.2) is 36.5 Å². The van der Waals surface area contributed by atoms with E-state index >= 15 is 0 Å². The van der Waals surface area contributed by atoms with Gasteiger partial charge < -0.3 is 15.5 Å². The second-order valence-electron chi connectivity index (χ2n) is 8.34. The summed E-state index contributed by atoms with van der Waals surface area (Å²) >= 11 is 1.31. The Bertz CT molecular complexity index is 1360. The molecule has 0 spiro atoms. The summed E-state index contributed by atoms with van der Waals surface area (Å²) in [7, 11) is 0. The Labute approximate surface area is 201 Å². The number of hydrogen-bond donors (Lipinski definition) is 2. The number of fused-ring (bicyclic) bond motifs is 1. The van der Waals surface area contributed by atoms with Crippen LogP contribution in [0.3, 0.4) is 0 Å². The highest BCUT2D eigenvalue weighted by atomic mass is 32.1. The third kappa shape index (κ3) is 4.22. The van der Waals surface area contributed by atoms with Gasteiger partial charge in [0.1, 0.15) is 28.1 Å². The third-order valence-corrected chi connectivity index (χ3v) is 7.06. The number of nitrogens with zero attached hydrogens (tertiary/aromatic N) is 5. The minimum absolute atomic E-state index is 0.314. The molecule has 1 aliphatic rings.